The molecule has 2 aliphatic rings. The molecule has 2 fully saturated rings. The van der Waals surface area contributed by atoms with Gasteiger partial charge in [-0.15, -0.1) is 0 Å². The average molecular weight is 760 g/mol. The molecule has 2 saturated heterocycles. The second-order valence-electron chi connectivity index (χ2n) is 13.2. The van der Waals surface area contributed by atoms with Gasteiger partial charge in [0.05, 0.1) is 56.8 Å². The highest BCUT2D eigenvalue weighted by molar-refractivity contribution is 6.30. The first kappa shape index (κ1) is 36.8. The lowest BCUT2D eigenvalue weighted by Crippen LogP contribution is -2.33. The minimum atomic E-state index is 0.0663. The van der Waals surface area contributed by atoms with Crippen molar-refractivity contribution in [2.75, 3.05) is 13.1 Å². The molecule has 14 heteroatoms. The van der Waals surface area contributed by atoms with Crippen LogP contribution < -0.4 is 0 Å². The highest BCUT2D eigenvalue weighted by Crippen LogP contribution is 2.34. The minimum absolute atomic E-state index is 0.0663. The molecule has 4 aromatic heterocycles. The Balaban J connectivity index is 0.000000167. The number of hydrogen-bond donors (Lipinski definition) is 0. The molecule has 2 aliphatic heterocycles. The molecule has 0 saturated carbocycles. The third-order valence-corrected chi connectivity index (χ3v) is 9.94. The number of benzene rings is 2. The summed E-state index contributed by atoms with van der Waals surface area (Å²) in [4.78, 5) is 22.7. The zero-order valence-corrected chi connectivity index (χ0v) is 30.9. The van der Waals surface area contributed by atoms with Gasteiger partial charge in [-0.05, 0) is 87.3 Å². The molecule has 2 atom stereocenters. The van der Waals surface area contributed by atoms with Crippen molar-refractivity contribution in [1.82, 2.24) is 40.0 Å². The number of rotatable bonds is 8. The Labute approximate surface area is 323 Å². The van der Waals surface area contributed by atoms with Crippen LogP contribution >= 0.6 is 23.2 Å². The molecule has 0 N–H and O–H groups in total. The molecule has 6 heterocycles. The van der Waals surface area contributed by atoms with Crippen LogP contribution in [-0.4, -0.2) is 53.1 Å². The van der Waals surface area contributed by atoms with E-state index in [9.17, 15) is 0 Å². The monoisotopic (exact) mass is 758 g/mol. The van der Waals surface area contributed by atoms with Crippen LogP contribution in [0.3, 0.4) is 0 Å². The van der Waals surface area contributed by atoms with Crippen LogP contribution in [0.4, 0.5) is 0 Å². The van der Waals surface area contributed by atoms with Crippen molar-refractivity contribution >= 4 is 23.2 Å². The summed E-state index contributed by atoms with van der Waals surface area (Å²) < 4.78 is 11.2. The van der Waals surface area contributed by atoms with E-state index >= 15 is 0 Å². The molecule has 0 radical (unpaired) electrons. The quantitative estimate of drug-likeness (QED) is 0.145. The van der Waals surface area contributed by atoms with Crippen molar-refractivity contribution in [2.24, 2.45) is 0 Å². The molecule has 272 valence electrons. The zero-order valence-electron chi connectivity index (χ0n) is 29.4. The standard InChI is InChI=1S/2C20H18ClN5O/c2*21-16-7-8-17(23-12-16)13-26-9-2-1-6-18(26)20-24-19(25-27-20)15-5-3-4-14(10-15)11-22/h2*3-5,7-8,10,12,18H,1-2,6,9,13H2. The van der Waals surface area contributed by atoms with E-state index < -0.39 is 0 Å². The van der Waals surface area contributed by atoms with Crippen molar-refractivity contribution in [3.63, 3.8) is 0 Å². The predicted molar refractivity (Wildman–Crippen MR) is 201 cm³/mol. The van der Waals surface area contributed by atoms with Crippen LogP contribution in [0, 0.1) is 22.7 Å². The maximum absolute atomic E-state index is 9.07. The van der Waals surface area contributed by atoms with Crippen LogP contribution in [0.5, 0.6) is 0 Å². The van der Waals surface area contributed by atoms with E-state index in [2.05, 4.69) is 52.2 Å². The maximum Gasteiger partial charge on any atom is 0.244 e. The molecular weight excluding hydrogens is 723 g/mol. The number of pyridine rings is 2. The van der Waals surface area contributed by atoms with Gasteiger partial charge in [0.15, 0.2) is 0 Å². The number of nitriles is 2. The Hall–Kier alpha value is -5.50. The SMILES string of the molecule is N#Cc1cccc(-c2noc(C3CCCCN3Cc3ccc(Cl)cn3)n2)c1.N#Cc1cccc(-c2noc(C3CCCCN3Cc3ccc(Cl)cn3)n2)c1. The van der Waals surface area contributed by atoms with E-state index in [4.69, 9.17) is 42.8 Å². The van der Waals surface area contributed by atoms with Gasteiger partial charge in [-0.3, -0.25) is 19.8 Å². The molecule has 8 rings (SSSR count). The zero-order chi connectivity index (χ0) is 37.3. The molecular formula is C40H36Cl2N10O2. The molecule has 2 unspecified atom stereocenters. The second-order valence-corrected chi connectivity index (χ2v) is 14.1. The third kappa shape index (κ3) is 9.16. The van der Waals surface area contributed by atoms with Crippen LogP contribution in [0.2, 0.25) is 10.0 Å². The summed E-state index contributed by atoms with van der Waals surface area (Å²) >= 11 is 11.9. The van der Waals surface area contributed by atoms with Gasteiger partial charge < -0.3 is 9.05 Å². The van der Waals surface area contributed by atoms with Crippen molar-refractivity contribution < 1.29 is 9.05 Å². The molecule has 0 spiro atoms. The number of piperidine rings is 2. The summed E-state index contributed by atoms with van der Waals surface area (Å²) in [5, 5.41) is 27.7. The molecule has 12 nitrogen and oxygen atoms in total. The van der Waals surface area contributed by atoms with Crippen LogP contribution in [-0.2, 0) is 13.1 Å². The fourth-order valence-corrected chi connectivity index (χ4v) is 6.99. The van der Waals surface area contributed by atoms with Gasteiger partial charge >= 0.3 is 0 Å². The van der Waals surface area contributed by atoms with Gasteiger partial charge in [0.2, 0.25) is 23.4 Å². The lowest BCUT2D eigenvalue weighted by molar-refractivity contribution is 0.110. The number of aromatic nitrogens is 6. The highest BCUT2D eigenvalue weighted by Gasteiger charge is 2.30. The van der Waals surface area contributed by atoms with Gasteiger partial charge in [-0.1, -0.05) is 70.6 Å². The minimum Gasteiger partial charge on any atom is -0.337 e. The molecule has 0 aliphatic carbocycles. The van der Waals surface area contributed by atoms with E-state index in [1.165, 1.54) is 0 Å². The molecule has 6 aromatic rings. The van der Waals surface area contributed by atoms with Gasteiger partial charge in [0, 0.05) is 36.6 Å². The number of nitrogens with zero attached hydrogens (tertiary/aromatic N) is 10. The summed E-state index contributed by atoms with van der Waals surface area (Å²) in [5.74, 6) is 2.25. The van der Waals surface area contributed by atoms with Crippen LogP contribution in [0.25, 0.3) is 22.8 Å². The molecule has 0 amide bonds. The van der Waals surface area contributed by atoms with E-state index in [1.54, 1.807) is 36.7 Å². The first-order valence-electron chi connectivity index (χ1n) is 17.8. The van der Waals surface area contributed by atoms with E-state index in [0.29, 0.717) is 57.7 Å². The Kier molecular flexibility index (Phi) is 12.0. The second kappa shape index (κ2) is 17.5. The fraction of sp³-hybridized carbons (Fsp3) is 0.300. The Bertz CT molecular complexity index is 2090. The van der Waals surface area contributed by atoms with Gasteiger partial charge in [-0.25, -0.2) is 0 Å². The van der Waals surface area contributed by atoms with Crippen molar-refractivity contribution in [3.8, 4) is 34.9 Å². The Morgan fingerprint density at radius 3 is 1.50 bits per heavy atom. The van der Waals surface area contributed by atoms with E-state index in [0.717, 1.165) is 74.1 Å². The normalized spacial score (nSPS) is 17.6. The maximum atomic E-state index is 9.07. The Morgan fingerprint density at radius 1 is 0.630 bits per heavy atom. The third-order valence-electron chi connectivity index (χ3n) is 9.49. The lowest BCUT2D eigenvalue weighted by atomic mass is 10.0. The molecule has 54 heavy (non-hydrogen) atoms. The average Bonchev–Trinajstić information content (AvgIpc) is 3.92. The molecule has 0 bridgehead atoms. The smallest absolute Gasteiger partial charge is 0.244 e. The summed E-state index contributed by atoms with van der Waals surface area (Å²) in [6.07, 6.45) is 9.78. The number of hydrogen-bond acceptors (Lipinski definition) is 12. The van der Waals surface area contributed by atoms with Crippen molar-refractivity contribution in [3.05, 3.63) is 130 Å². The lowest BCUT2D eigenvalue weighted by Gasteiger charge is -2.32. The van der Waals surface area contributed by atoms with E-state index in [-0.39, 0.29) is 12.1 Å². The van der Waals surface area contributed by atoms with E-state index in [1.807, 2.05) is 48.5 Å². The number of halogens is 2. The summed E-state index contributed by atoms with van der Waals surface area (Å²) in [6.45, 7) is 3.33. The largest absolute Gasteiger partial charge is 0.337 e. The first-order valence-corrected chi connectivity index (χ1v) is 18.6. The van der Waals surface area contributed by atoms with Crippen molar-refractivity contribution in [1.29, 1.82) is 10.5 Å². The topological polar surface area (TPSA) is 158 Å². The fourth-order valence-electron chi connectivity index (χ4n) is 6.77. The highest BCUT2D eigenvalue weighted by atomic mass is 35.5. The summed E-state index contributed by atoms with van der Waals surface area (Å²) in [6, 6.07) is 26.5. The summed E-state index contributed by atoms with van der Waals surface area (Å²) in [7, 11) is 0. The first-order chi connectivity index (χ1) is 26.4. The van der Waals surface area contributed by atoms with Gasteiger partial charge in [0.25, 0.3) is 0 Å². The molecule has 2 aromatic carbocycles. The van der Waals surface area contributed by atoms with Gasteiger partial charge in [-0.2, -0.15) is 20.5 Å². The van der Waals surface area contributed by atoms with Gasteiger partial charge in [0.1, 0.15) is 0 Å². The van der Waals surface area contributed by atoms with Crippen LogP contribution in [0.15, 0.2) is 94.2 Å². The number of likely N-dealkylation sites (tertiary alicyclic amines) is 2. The Morgan fingerprint density at radius 2 is 1.09 bits per heavy atom. The van der Waals surface area contributed by atoms with Crippen LogP contribution in [0.1, 0.15) is 84.9 Å². The van der Waals surface area contributed by atoms with Crippen molar-refractivity contribution in [2.45, 2.75) is 63.7 Å². The predicted octanol–water partition coefficient (Wildman–Crippen LogP) is 8.77. The summed E-state index contributed by atoms with van der Waals surface area (Å²) in [5.41, 5.74) is 4.65.